The first kappa shape index (κ1) is 15.5. The minimum Gasteiger partial charge on any atom is -0.508 e. The van der Waals surface area contributed by atoms with Gasteiger partial charge in [-0.15, -0.1) is 0 Å². The first-order chi connectivity index (χ1) is 11.1. The topological polar surface area (TPSA) is 72.0 Å². The van der Waals surface area contributed by atoms with E-state index in [1.807, 2.05) is 0 Å². The molecule has 0 saturated carbocycles. The number of nitrogens with zero attached hydrogens (tertiary/aromatic N) is 3. The summed E-state index contributed by atoms with van der Waals surface area (Å²) in [5, 5.41) is 11.0. The molecule has 5 nitrogen and oxygen atoms in total. The van der Waals surface area contributed by atoms with E-state index in [2.05, 4.69) is 30.7 Å². The van der Waals surface area contributed by atoms with Crippen LogP contribution in [0.3, 0.4) is 0 Å². The summed E-state index contributed by atoms with van der Waals surface area (Å²) in [4.78, 5) is 13.4. The second kappa shape index (κ2) is 6.36. The molecule has 3 rings (SSSR count). The molecule has 0 aliphatic heterocycles. The van der Waals surface area contributed by atoms with Crippen LogP contribution < -0.4 is 0 Å². The number of phenolic OH excluding ortho intramolecular Hbond substituents is 1. The van der Waals surface area contributed by atoms with Crippen molar-refractivity contribution in [1.82, 2.24) is 15.0 Å². The lowest BCUT2D eigenvalue weighted by Gasteiger charge is -2.12. The highest BCUT2D eigenvalue weighted by Gasteiger charge is 2.16. The number of aromatic nitrogens is 3. The first-order valence-electron chi connectivity index (χ1n) is 7.99. The molecule has 120 valence electrons. The minimum atomic E-state index is 0.166. The molecular formula is C18H21N3O2. The number of hydrogen-bond donors (Lipinski definition) is 1. The highest BCUT2D eigenvalue weighted by atomic mass is 16.3. The fourth-order valence-electron chi connectivity index (χ4n) is 2.71. The molecule has 3 aromatic rings. The van der Waals surface area contributed by atoms with Crippen LogP contribution in [-0.2, 0) is 12.8 Å². The van der Waals surface area contributed by atoms with Gasteiger partial charge in [0.15, 0.2) is 12.2 Å². The predicted molar refractivity (Wildman–Crippen MR) is 89.2 cm³/mol. The van der Waals surface area contributed by atoms with Gasteiger partial charge in [-0.1, -0.05) is 20.8 Å². The van der Waals surface area contributed by atoms with E-state index in [1.165, 1.54) is 6.39 Å². The number of phenols is 1. The van der Waals surface area contributed by atoms with Crippen molar-refractivity contribution in [2.45, 2.75) is 40.0 Å². The lowest BCUT2D eigenvalue weighted by molar-refractivity contribution is 0.475. The average molecular weight is 311 g/mol. The van der Waals surface area contributed by atoms with Crippen LogP contribution >= 0.6 is 0 Å². The maximum Gasteiger partial charge on any atom is 0.181 e. The van der Waals surface area contributed by atoms with Crippen molar-refractivity contribution in [2.24, 2.45) is 5.92 Å². The second-order valence-corrected chi connectivity index (χ2v) is 6.13. The summed E-state index contributed by atoms with van der Waals surface area (Å²) in [6.45, 7) is 6.45. The number of oxazole rings is 1. The Morgan fingerprint density at radius 1 is 1.22 bits per heavy atom. The van der Waals surface area contributed by atoms with Gasteiger partial charge in [-0.05, 0) is 24.8 Å². The third-order valence-corrected chi connectivity index (χ3v) is 3.88. The van der Waals surface area contributed by atoms with Crippen molar-refractivity contribution in [3.63, 3.8) is 0 Å². The van der Waals surface area contributed by atoms with Crippen molar-refractivity contribution in [2.75, 3.05) is 0 Å². The fourth-order valence-corrected chi connectivity index (χ4v) is 2.71. The summed E-state index contributed by atoms with van der Waals surface area (Å²) in [6.07, 6.45) is 5.70. The Bertz CT molecular complexity index is 811. The van der Waals surface area contributed by atoms with Crippen molar-refractivity contribution >= 4 is 10.9 Å². The molecule has 2 heterocycles. The van der Waals surface area contributed by atoms with Gasteiger partial charge in [0.25, 0.3) is 0 Å². The number of hydrogen-bond acceptors (Lipinski definition) is 5. The first-order valence-corrected chi connectivity index (χ1v) is 7.99. The van der Waals surface area contributed by atoms with Crippen molar-refractivity contribution in [3.8, 4) is 17.1 Å². The van der Waals surface area contributed by atoms with Crippen LogP contribution in [0.1, 0.15) is 38.7 Å². The highest BCUT2D eigenvalue weighted by Crippen LogP contribution is 2.33. The van der Waals surface area contributed by atoms with Crippen molar-refractivity contribution in [3.05, 3.63) is 36.2 Å². The third kappa shape index (κ3) is 3.18. The summed E-state index contributed by atoms with van der Waals surface area (Å²) < 4.78 is 5.41. The molecule has 2 aromatic heterocycles. The highest BCUT2D eigenvalue weighted by molar-refractivity contribution is 5.96. The van der Waals surface area contributed by atoms with E-state index >= 15 is 0 Å². The molecule has 0 unspecified atom stereocenters. The van der Waals surface area contributed by atoms with Gasteiger partial charge in [-0.2, -0.15) is 0 Å². The van der Waals surface area contributed by atoms with Gasteiger partial charge < -0.3 is 9.52 Å². The summed E-state index contributed by atoms with van der Waals surface area (Å²) >= 11 is 0. The van der Waals surface area contributed by atoms with Crippen LogP contribution in [0.25, 0.3) is 22.2 Å². The van der Waals surface area contributed by atoms with E-state index in [-0.39, 0.29) is 5.75 Å². The van der Waals surface area contributed by atoms with Crippen LogP contribution in [0.15, 0.2) is 29.1 Å². The number of aryl methyl sites for hydroxylation is 2. The maximum atomic E-state index is 10.1. The van der Waals surface area contributed by atoms with Gasteiger partial charge in [0.2, 0.25) is 0 Å². The van der Waals surface area contributed by atoms with E-state index in [4.69, 9.17) is 9.40 Å². The Kier molecular flexibility index (Phi) is 4.28. The molecule has 1 N–H and O–H groups in total. The Morgan fingerprint density at radius 2 is 2.04 bits per heavy atom. The Morgan fingerprint density at radius 3 is 2.70 bits per heavy atom. The zero-order valence-corrected chi connectivity index (χ0v) is 13.7. The molecule has 0 radical (unpaired) electrons. The summed E-state index contributed by atoms with van der Waals surface area (Å²) in [5.41, 5.74) is 2.51. The predicted octanol–water partition coefficient (Wildman–Crippen LogP) is 4.14. The number of aromatic hydroxyl groups is 1. The molecular weight excluding hydrogens is 290 g/mol. The summed E-state index contributed by atoms with van der Waals surface area (Å²) in [7, 11) is 0. The van der Waals surface area contributed by atoms with Gasteiger partial charge in [0.05, 0.1) is 17.4 Å². The number of rotatable bonds is 5. The normalized spacial score (nSPS) is 11.5. The van der Waals surface area contributed by atoms with E-state index in [9.17, 15) is 5.11 Å². The quantitative estimate of drug-likeness (QED) is 0.766. The minimum absolute atomic E-state index is 0.166. The van der Waals surface area contributed by atoms with Gasteiger partial charge in [-0.25, -0.2) is 15.0 Å². The summed E-state index contributed by atoms with van der Waals surface area (Å²) in [5.74, 6) is 2.21. The van der Waals surface area contributed by atoms with Crippen LogP contribution in [0.5, 0.6) is 5.75 Å². The van der Waals surface area contributed by atoms with Crippen LogP contribution in [0, 0.1) is 5.92 Å². The average Bonchev–Trinajstić information content (AvgIpc) is 3.05. The molecule has 0 bridgehead atoms. The standard InChI is InChI=1S/C18H21N3O2/c1-4-14-18-13(16-9-19-10-23-16)7-12(22)8-15(18)21-17(20-14)6-5-11(2)3/h7-11,22H,4-6H2,1-3H3. The van der Waals surface area contributed by atoms with Gasteiger partial charge >= 0.3 is 0 Å². The zero-order chi connectivity index (χ0) is 16.4. The van der Waals surface area contributed by atoms with E-state index in [1.54, 1.807) is 18.3 Å². The largest absolute Gasteiger partial charge is 0.508 e. The van der Waals surface area contributed by atoms with Crippen LogP contribution in [0.2, 0.25) is 0 Å². The Balaban J connectivity index is 2.19. The molecule has 1 aromatic carbocycles. The summed E-state index contributed by atoms with van der Waals surface area (Å²) in [6, 6.07) is 3.37. The van der Waals surface area contributed by atoms with Crippen molar-refractivity contribution < 1.29 is 9.52 Å². The van der Waals surface area contributed by atoms with Gasteiger partial charge in [-0.3, -0.25) is 0 Å². The molecule has 5 heteroatoms. The monoisotopic (exact) mass is 311 g/mol. The molecule has 0 aliphatic rings. The lowest BCUT2D eigenvalue weighted by Crippen LogP contribution is -2.03. The molecule has 0 aliphatic carbocycles. The molecule has 0 amide bonds. The van der Waals surface area contributed by atoms with Gasteiger partial charge in [0, 0.05) is 23.4 Å². The lowest BCUT2D eigenvalue weighted by atomic mass is 10.0. The smallest absolute Gasteiger partial charge is 0.181 e. The molecule has 0 fully saturated rings. The van der Waals surface area contributed by atoms with E-state index in [0.29, 0.717) is 11.7 Å². The number of fused-ring (bicyclic) bond motifs is 1. The van der Waals surface area contributed by atoms with Gasteiger partial charge in [0.1, 0.15) is 11.6 Å². The second-order valence-electron chi connectivity index (χ2n) is 6.13. The van der Waals surface area contributed by atoms with Crippen molar-refractivity contribution in [1.29, 1.82) is 0 Å². The zero-order valence-electron chi connectivity index (χ0n) is 13.7. The SMILES string of the molecule is CCc1nc(CCC(C)C)nc2cc(O)cc(-c3cnco3)c12. The van der Waals surface area contributed by atoms with E-state index in [0.717, 1.165) is 47.2 Å². The Labute approximate surface area is 135 Å². The van der Waals surface area contributed by atoms with Crippen LogP contribution in [-0.4, -0.2) is 20.1 Å². The molecule has 23 heavy (non-hydrogen) atoms. The van der Waals surface area contributed by atoms with E-state index < -0.39 is 0 Å². The molecule has 0 saturated heterocycles. The maximum absolute atomic E-state index is 10.1. The molecule has 0 spiro atoms. The van der Waals surface area contributed by atoms with Crippen LogP contribution in [0.4, 0.5) is 0 Å². The third-order valence-electron chi connectivity index (χ3n) is 3.88. The number of benzene rings is 1. The Hall–Kier alpha value is -2.43. The molecule has 0 atom stereocenters. The fraction of sp³-hybridized carbons (Fsp3) is 0.389.